The number of pyridine rings is 1. The topological polar surface area (TPSA) is 94.6 Å². The minimum atomic E-state index is -0.873. The van der Waals surface area contributed by atoms with E-state index in [1.54, 1.807) is 12.1 Å². The molecule has 0 bridgehead atoms. The van der Waals surface area contributed by atoms with Gasteiger partial charge >= 0.3 is 12.0 Å². The molecule has 1 aromatic heterocycles. The highest BCUT2D eigenvalue weighted by Gasteiger charge is 2.04. The summed E-state index contributed by atoms with van der Waals surface area (Å²) in [5, 5.41) is 13.6. The van der Waals surface area contributed by atoms with Crippen LogP contribution in [0.4, 0.5) is 16.4 Å². The van der Waals surface area contributed by atoms with Gasteiger partial charge in [0.1, 0.15) is 11.6 Å². The van der Waals surface area contributed by atoms with Crippen LogP contribution in [0, 0.1) is 0 Å². The van der Waals surface area contributed by atoms with Crippen molar-refractivity contribution in [2.24, 2.45) is 0 Å². The summed E-state index contributed by atoms with van der Waals surface area (Å²) in [7, 11) is 3.72. The van der Waals surface area contributed by atoms with Gasteiger partial charge in [-0.2, -0.15) is 0 Å². The highest BCUT2D eigenvalue weighted by molar-refractivity contribution is 5.88. The van der Waals surface area contributed by atoms with E-state index in [2.05, 4.69) is 15.6 Å². The van der Waals surface area contributed by atoms with Gasteiger partial charge in [0.25, 0.3) is 0 Å². The average Bonchev–Trinajstić information content (AvgIpc) is 2.34. The molecular weight excluding hydrogens is 248 g/mol. The van der Waals surface area contributed by atoms with Crippen LogP contribution < -0.4 is 15.5 Å². The first-order valence-corrected chi connectivity index (χ1v) is 5.90. The van der Waals surface area contributed by atoms with Crippen molar-refractivity contribution in [3.63, 3.8) is 0 Å². The van der Waals surface area contributed by atoms with Gasteiger partial charge in [-0.15, -0.1) is 0 Å². The average molecular weight is 266 g/mol. The number of carbonyl (C=O) groups is 2. The molecule has 0 aliphatic rings. The molecule has 0 aliphatic carbocycles. The maximum Gasteiger partial charge on any atom is 0.320 e. The van der Waals surface area contributed by atoms with Crippen molar-refractivity contribution in [2.75, 3.05) is 30.9 Å². The predicted octanol–water partition coefficient (Wildman–Crippen LogP) is 1.13. The molecule has 19 heavy (non-hydrogen) atoms. The lowest BCUT2D eigenvalue weighted by Gasteiger charge is -2.12. The molecular formula is C12H18N4O3. The number of anilines is 2. The largest absolute Gasteiger partial charge is 0.481 e. The van der Waals surface area contributed by atoms with Crippen LogP contribution in [-0.4, -0.2) is 42.7 Å². The highest BCUT2D eigenvalue weighted by Crippen LogP contribution is 2.11. The zero-order chi connectivity index (χ0) is 14.3. The standard InChI is InChI=1S/C12H18N4O3/c1-16(2)10-6-3-5-9(14-10)15-12(19)13-8-4-7-11(17)18/h3,5-6H,4,7-8H2,1-2H3,(H,17,18)(H2,13,14,15,19). The fourth-order valence-electron chi connectivity index (χ4n) is 1.34. The maximum absolute atomic E-state index is 11.5. The Labute approximate surface area is 111 Å². The number of carbonyl (C=O) groups excluding carboxylic acids is 1. The Balaban J connectivity index is 2.39. The Kier molecular flexibility index (Phi) is 5.59. The lowest BCUT2D eigenvalue weighted by Crippen LogP contribution is -2.30. The lowest BCUT2D eigenvalue weighted by atomic mass is 10.3. The van der Waals surface area contributed by atoms with E-state index in [9.17, 15) is 9.59 Å². The van der Waals surface area contributed by atoms with Crippen LogP contribution in [0.3, 0.4) is 0 Å². The van der Waals surface area contributed by atoms with Gasteiger partial charge < -0.3 is 15.3 Å². The first-order chi connectivity index (χ1) is 8.99. The van der Waals surface area contributed by atoms with E-state index in [1.165, 1.54) is 0 Å². The van der Waals surface area contributed by atoms with E-state index in [4.69, 9.17) is 5.11 Å². The van der Waals surface area contributed by atoms with Gasteiger partial charge in [0.2, 0.25) is 0 Å². The fraction of sp³-hybridized carbons (Fsp3) is 0.417. The number of hydrogen-bond donors (Lipinski definition) is 3. The molecule has 0 radical (unpaired) electrons. The minimum absolute atomic E-state index is 0.0364. The molecule has 0 spiro atoms. The zero-order valence-electron chi connectivity index (χ0n) is 11.0. The molecule has 7 heteroatoms. The number of hydrogen-bond acceptors (Lipinski definition) is 4. The summed E-state index contributed by atoms with van der Waals surface area (Å²) < 4.78 is 0. The Morgan fingerprint density at radius 1 is 1.37 bits per heavy atom. The number of urea groups is 1. The fourth-order valence-corrected chi connectivity index (χ4v) is 1.34. The summed E-state index contributed by atoms with van der Waals surface area (Å²) in [6.45, 7) is 0.311. The van der Waals surface area contributed by atoms with Crippen molar-refractivity contribution < 1.29 is 14.7 Å². The molecule has 0 fully saturated rings. The van der Waals surface area contributed by atoms with E-state index in [0.717, 1.165) is 5.82 Å². The van der Waals surface area contributed by atoms with Crippen LogP contribution >= 0.6 is 0 Å². The highest BCUT2D eigenvalue weighted by atomic mass is 16.4. The molecule has 1 heterocycles. The Morgan fingerprint density at radius 3 is 2.74 bits per heavy atom. The molecule has 2 amide bonds. The van der Waals surface area contributed by atoms with Gasteiger partial charge in [-0.3, -0.25) is 10.1 Å². The number of aromatic nitrogens is 1. The third kappa shape index (κ3) is 5.71. The van der Waals surface area contributed by atoms with Gasteiger partial charge in [0, 0.05) is 27.1 Å². The first-order valence-electron chi connectivity index (χ1n) is 5.90. The van der Waals surface area contributed by atoms with E-state index in [1.807, 2.05) is 25.1 Å². The summed E-state index contributed by atoms with van der Waals surface area (Å²) >= 11 is 0. The van der Waals surface area contributed by atoms with E-state index >= 15 is 0 Å². The van der Waals surface area contributed by atoms with Crippen molar-refractivity contribution in [3.05, 3.63) is 18.2 Å². The molecule has 0 saturated heterocycles. The molecule has 1 rings (SSSR count). The molecule has 0 unspecified atom stereocenters. The summed E-state index contributed by atoms with van der Waals surface area (Å²) in [5.74, 6) is 0.313. The summed E-state index contributed by atoms with van der Waals surface area (Å²) in [6, 6.07) is 4.91. The minimum Gasteiger partial charge on any atom is -0.481 e. The Hall–Kier alpha value is -2.31. The second-order valence-electron chi connectivity index (χ2n) is 4.15. The van der Waals surface area contributed by atoms with E-state index < -0.39 is 12.0 Å². The third-order valence-electron chi connectivity index (χ3n) is 2.29. The lowest BCUT2D eigenvalue weighted by molar-refractivity contribution is -0.137. The predicted molar refractivity (Wildman–Crippen MR) is 72.5 cm³/mol. The number of rotatable bonds is 6. The molecule has 1 aromatic rings. The van der Waals surface area contributed by atoms with Crippen LogP contribution in [0.25, 0.3) is 0 Å². The molecule has 0 aliphatic heterocycles. The van der Waals surface area contributed by atoms with Gasteiger partial charge in [0.15, 0.2) is 0 Å². The third-order valence-corrected chi connectivity index (χ3v) is 2.29. The van der Waals surface area contributed by atoms with Gasteiger partial charge in [0.05, 0.1) is 0 Å². The maximum atomic E-state index is 11.5. The first kappa shape index (κ1) is 14.7. The van der Waals surface area contributed by atoms with Crippen LogP contribution in [-0.2, 0) is 4.79 Å². The Morgan fingerprint density at radius 2 is 2.11 bits per heavy atom. The second kappa shape index (κ2) is 7.20. The molecule has 104 valence electrons. The van der Waals surface area contributed by atoms with Crippen LogP contribution in [0.1, 0.15) is 12.8 Å². The van der Waals surface area contributed by atoms with Crippen molar-refractivity contribution in [3.8, 4) is 0 Å². The van der Waals surface area contributed by atoms with Crippen molar-refractivity contribution >= 4 is 23.6 Å². The van der Waals surface area contributed by atoms with Gasteiger partial charge in [-0.25, -0.2) is 9.78 Å². The number of nitrogens with one attached hydrogen (secondary N) is 2. The number of aliphatic carboxylic acids is 1. The van der Waals surface area contributed by atoms with Crippen molar-refractivity contribution in [1.82, 2.24) is 10.3 Å². The molecule has 7 nitrogen and oxygen atoms in total. The van der Waals surface area contributed by atoms with Crippen LogP contribution in [0.2, 0.25) is 0 Å². The van der Waals surface area contributed by atoms with E-state index in [-0.39, 0.29) is 6.42 Å². The number of nitrogens with zero attached hydrogens (tertiary/aromatic N) is 2. The number of carboxylic acids is 1. The normalized spacial score (nSPS) is 9.79. The smallest absolute Gasteiger partial charge is 0.320 e. The molecule has 3 N–H and O–H groups in total. The molecule has 0 atom stereocenters. The summed E-state index contributed by atoms with van der Waals surface area (Å²) in [5.41, 5.74) is 0. The SMILES string of the molecule is CN(C)c1cccc(NC(=O)NCCCC(=O)O)n1. The monoisotopic (exact) mass is 266 g/mol. The van der Waals surface area contributed by atoms with Gasteiger partial charge in [-0.05, 0) is 18.6 Å². The molecule has 0 saturated carbocycles. The van der Waals surface area contributed by atoms with E-state index in [0.29, 0.717) is 18.8 Å². The van der Waals surface area contributed by atoms with Gasteiger partial charge in [-0.1, -0.05) is 6.07 Å². The molecule has 0 aromatic carbocycles. The second-order valence-corrected chi connectivity index (χ2v) is 4.15. The van der Waals surface area contributed by atoms with Crippen LogP contribution in [0.5, 0.6) is 0 Å². The Bertz CT molecular complexity index is 448. The quantitative estimate of drug-likeness (QED) is 0.671. The number of carboxylic acid groups (broad SMARTS) is 1. The van der Waals surface area contributed by atoms with Crippen molar-refractivity contribution in [2.45, 2.75) is 12.8 Å². The summed E-state index contributed by atoms with van der Waals surface area (Å²) in [6.07, 6.45) is 0.433. The summed E-state index contributed by atoms with van der Waals surface area (Å²) in [4.78, 5) is 27.9. The number of amides is 2. The van der Waals surface area contributed by atoms with Crippen molar-refractivity contribution in [1.29, 1.82) is 0 Å². The van der Waals surface area contributed by atoms with Crippen LogP contribution in [0.15, 0.2) is 18.2 Å². The zero-order valence-corrected chi connectivity index (χ0v) is 11.0.